The first-order chi connectivity index (χ1) is 13.2. The number of carbonyl (C=O) groups excluding carboxylic acids is 2. The van der Waals surface area contributed by atoms with Crippen LogP contribution in [0.2, 0.25) is 0 Å². The number of rotatable bonds is 4. The van der Waals surface area contributed by atoms with Crippen molar-refractivity contribution in [3.63, 3.8) is 0 Å². The van der Waals surface area contributed by atoms with Crippen molar-refractivity contribution in [1.29, 1.82) is 0 Å². The Hall–Kier alpha value is -2.81. The van der Waals surface area contributed by atoms with Crippen LogP contribution in [0.4, 0.5) is 0 Å². The van der Waals surface area contributed by atoms with Gasteiger partial charge in [0.25, 0.3) is 5.91 Å². The highest BCUT2D eigenvalue weighted by Gasteiger charge is 2.33. The summed E-state index contributed by atoms with van der Waals surface area (Å²) in [4.78, 5) is 32.3. The van der Waals surface area contributed by atoms with Gasteiger partial charge >= 0.3 is 0 Å². The van der Waals surface area contributed by atoms with E-state index in [2.05, 4.69) is 15.3 Å². The summed E-state index contributed by atoms with van der Waals surface area (Å²) in [5.74, 6) is 0.215. The molecular formula is C18H18N6O2S. The first-order valence-corrected chi connectivity index (χ1v) is 9.86. The Labute approximate surface area is 159 Å². The predicted molar refractivity (Wildman–Crippen MR) is 99.2 cm³/mol. The zero-order valence-electron chi connectivity index (χ0n) is 14.6. The number of likely N-dealkylation sites (tertiary alicyclic amines) is 2. The highest BCUT2D eigenvalue weighted by molar-refractivity contribution is 7.16. The summed E-state index contributed by atoms with van der Waals surface area (Å²) in [7, 11) is 0. The van der Waals surface area contributed by atoms with Crippen molar-refractivity contribution in [2.75, 3.05) is 19.6 Å². The minimum atomic E-state index is 0.0320. The second-order valence-electron chi connectivity index (χ2n) is 7.01. The number of thiazole rings is 1. The number of aromatic nitrogens is 4. The molecule has 27 heavy (non-hydrogen) atoms. The molecule has 0 unspecified atom stereocenters. The topological polar surface area (TPSA) is 84.2 Å². The zero-order valence-corrected chi connectivity index (χ0v) is 15.4. The number of hydrogen-bond donors (Lipinski definition) is 0. The summed E-state index contributed by atoms with van der Waals surface area (Å²) in [6, 6.07) is 5.76. The lowest BCUT2D eigenvalue weighted by Crippen LogP contribution is -2.50. The molecule has 2 aromatic heterocycles. The van der Waals surface area contributed by atoms with Crippen LogP contribution in [-0.4, -0.2) is 61.2 Å². The molecule has 3 aromatic rings. The Kier molecular flexibility index (Phi) is 3.89. The fourth-order valence-electron chi connectivity index (χ4n) is 3.59. The molecule has 1 aromatic carbocycles. The Morgan fingerprint density at radius 1 is 1.30 bits per heavy atom. The molecule has 8 nitrogen and oxygen atoms in total. The average Bonchev–Trinajstić information content (AvgIpc) is 3.35. The van der Waals surface area contributed by atoms with Gasteiger partial charge in [-0.15, -0.1) is 16.4 Å². The molecule has 2 fully saturated rings. The van der Waals surface area contributed by atoms with Crippen LogP contribution in [0.15, 0.2) is 29.9 Å². The monoisotopic (exact) mass is 382 g/mol. The molecule has 0 bridgehead atoms. The highest BCUT2D eigenvalue weighted by atomic mass is 32.1. The van der Waals surface area contributed by atoms with Gasteiger partial charge in [-0.2, -0.15) is 0 Å². The minimum absolute atomic E-state index is 0.0320. The van der Waals surface area contributed by atoms with Crippen LogP contribution in [0.1, 0.15) is 34.9 Å². The van der Waals surface area contributed by atoms with E-state index in [-0.39, 0.29) is 17.9 Å². The van der Waals surface area contributed by atoms with Gasteiger partial charge in [0.2, 0.25) is 5.91 Å². The molecule has 2 saturated heterocycles. The number of fused-ring (bicyclic) bond motifs is 1. The summed E-state index contributed by atoms with van der Waals surface area (Å²) in [5.41, 5.74) is 4.20. The molecule has 2 amide bonds. The number of nitrogens with zero attached hydrogens (tertiary/aromatic N) is 6. The van der Waals surface area contributed by atoms with Gasteiger partial charge in [-0.3, -0.25) is 9.59 Å². The molecule has 4 heterocycles. The van der Waals surface area contributed by atoms with E-state index in [1.165, 1.54) is 11.3 Å². The summed E-state index contributed by atoms with van der Waals surface area (Å²) in [6.45, 7) is 2.54. The summed E-state index contributed by atoms with van der Waals surface area (Å²) >= 11 is 1.54. The van der Waals surface area contributed by atoms with Gasteiger partial charge in [0.05, 0.1) is 34.5 Å². The maximum absolute atomic E-state index is 12.7. The molecule has 2 aliphatic rings. The second kappa shape index (κ2) is 6.41. The van der Waals surface area contributed by atoms with Gasteiger partial charge < -0.3 is 9.80 Å². The van der Waals surface area contributed by atoms with Crippen LogP contribution >= 0.6 is 11.3 Å². The molecule has 9 heteroatoms. The van der Waals surface area contributed by atoms with Crippen LogP contribution in [0.25, 0.3) is 10.2 Å². The molecule has 2 aliphatic heterocycles. The maximum atomic E-state index is 12.7. The van der Waals surface area contributed by atoms with E-state index >= 15 is 0 Å². The van der Waals surface area contributed by atoms with Gasteiger partial charge in [-0.1, -0.05) is 5.21 Å². The third-order valence-electron chi connectivity index (χ3n) is 5.18. The standard InChI is InChI=1S/C18H18N6O2S/c25-17-2-1-5-22(17)7-13-8-24(21-20-13)14-9-23(10-14)18(26)12-3-4-15-16(6-12)27-11-19-15/h3-4,6,8,11,14H,1-2,5,7,9-10H2. The van der Waals surface area contributed by atoms with Crippen molar-refractivity contribution in [2.24, 2.45) is 0 Å². The van der Waals surface area contributed by atoms with Crippen LogP contribution in [-0.2, 0) is 11.3 Å². The van der Waals surface area contributed by atoms with Gasteiger partial charge in [0.1, 0.15) is 5.69 Å². The molecule has 5 rings (SSSR count). The second-order valence-corrected chi connectivity index (χ2v) is 7.89. The first-order valence-electron chi connectivity index (χ1n) is 8.98. The largest absolute Gasteiger partial charge is 0.337 e. The quantitative estimate of drug-likeness (QED) is 0.686. The van der Waals surface area contributed by atoms with Gasteiger partial charge in [0.15, 0.2) is 0 Å². The highest BCUT2D eigenvalue weighted by Crippen LogP contribution is 2.25. The molecule has 0 spiro atoms. The summed E-state index contributed by atoms with van der Waals surface area (Å²) < 4.78 is 2.83. The number of amides is 2. The Morgan fingerprint density at radius 2 is 2.19 bits per heavy atom. The SMILES string of the molecule is O=C1CCCN1Cc1cn(C2CN(C(=O)c3ccc4ncsc4c3)C2)nn1. The van der Waals surface area contributed by atoms with Crippen molar-refractivity contribution >= 4 is 33.4 Å². The smallest absolute Gasteiger partial charge is 0.254 e. The molecule has 0 atom stereocenters. The number of carbonyl (C=O) groups is 2. The summed E-state index contributed by atoms with van der Waals surface area (Å²) in [5, 5.41) is 8.37. The third kappa shape index (κ3) is 2.97. The summed E-state index contributed by atoms with van der Waals surface area (Å²) in [6.07, 6.45) is 3.43. The molecular weight excluding hydrogens is 364 g/mol. The number of hydrogen-bond acceptors (Lipinski definition) is 6. The molecule has 0 aliphatic carbocycles. The fraction of sp³-hybridized carbons (Fsp3) is 0.389. The van der Waals surface area contributed by atoms with Crippen LogP contribution in [0, 0.1) is 0 Å². The van der Waals surface area contributed by atoms with Crippen molar-refractivity contribution in [3.05, 3.63) is 41.2 Å². The maximum Gasteiger partial charge on any atom is 0.254 e. The lowest BCUT2D eigenvalue weighted by molar-refractivity contribution is -0.128. The van der Waals surface area contributed by atoms with E-state index in [1.54, 1.807) is 5.51 Å². The van der Waals surface area contributed by atoms with E-state index in [0.29, 0.717) is 31.6 Å². The van der Waals surface area contributed by atoms with Crippen LogP contribution in [0.5, 0.6) is 0 Å². The van der Waals surface area contributed by atoms with Crippen molar-refractivity contribution in [1.82, 2.24) is 29.8 Å². The lowest BCUT2D eigenvalue weighted by atomic mass is 10.1. The molecule has 0 radical (unpaired) electrons. The lowest BCUT2D eigenvalue weighted by Gasteiger charge is -2.38. The van der Waals surface area contributed by atoms with E-state index in [4.69, 9.17) is 0 Å². The van der Waals surface area contributed by atoms with Gasteiger partial charge in [-0.05, 0) is 24.6 Å². The van der Waals surface area contributed by atoms with Crippen LogP contribution < -0.4 is 0 Å². The van der Waals surface area contributed by atoms with Gasteiger partial charge in [-0.25, -0.2) is 9.67 Å². The van der Waals surface area contributed by atoms with Crippen molar-refractivity contribution in [2.45, 2.75) is 25.4 Å². The van der Waals surface area contributed by atoms with E-state index in [0.717, 1.165) is 28.9 Å². The Morgan fingerprint density at radius 3 is 3.00 bits per heavy atom. The van der Waals surface area contributed by atoms with Gasteiger partial charge in [0, 0.05) is 31.6 Å². The minimum Gasteiger partial charge on any atom is -0.337 e. The first kappa shape index (κ1) is 16.4. The number of benzene rings is 1. The van der Waals surface area contributed by atoms with E-state index in [9.17, 15) is 9.59 Å². The molecule has 0 saturated carbocycles. The van der Waals surface area contributed by atoms with Crippen LogP contribution in [0.3, 0.4) is 0 Å². The Bertz CT molecular complexity index is 1020. The average molecular weight is 382 g/mol. The normalized spacial score (nSPS) is 17.7. The predicted octanol–water partition coefficient (Wildman–Crippen LogP) is 1.71. The van der Waals surface area contributed by atoms with Crippen molar-refractivity contribution in [3.8, 4) is 0 Å². The van der Waals surface area contributed by atoms with Crippen molar-refractivity contribution < 1.29 is 9.59 Å². The Balaban J connectivity index is 1.21. The fourth-order valence-corrected chi connectivity index (χ4v) is 4.31. The molecule has 0 N–H and O–H groups in total. The molecule has 138 valence electrons. The zero-order chi connectivity index (χ0) is 18.4. The van der Waals surface area contributed by atoms with E-state index < -0.39 is 0 Å². The third-order valence-corrected chi connectivity index (χ3v) is 5.98. The van der Waals surface area contributed by atoms with E-state index in [1.807, 2.05) is 38.9 Å².